The molecule has 2 heteroatoms. The maximum atomic E-state index is 11.8. The Bertz CT molecular complexity index is 358. The highest BCUT2D eigenvalue weighted by Crippen LogP contribution is 2.39. The fraction of sp³-hybridized carbons (Fsp3) is 0.917. The SMILES string of the molecule is CC.CC.CCC1CCC(CC2CCC(CC(=O)CC(C)=O)CC2)CC1. The first kappa shape index (κ1) is 25.3. The van der Waals surface area contributed by atoms with Gasteiger partial charge in [-0.15, -0.1) is 0 Å². The molecule has 2 saturated carbocycles. The molecule has 0 spiro atoms. The van der Waals surface area contributed by atoms with Crippen molar-refractivity contribution >= 4 is 11.6 Å². The highest BCUT2D eigenvalue weighted by molar-refractivity contribution is 5.97. The molecule has 0 radical (unpaired) electrons. The van der Waals surface area contributed by atoms with Gasteiger partial charge in [-0.05, 0) is 49.9 Å². The van der Waals surface area contributed by atoms with Crippen molar-refractivity contribution in [1.29, 1.82) is 0 Å². The third-order valence-corrected chi connectivity index (χ3v) is 6.14. The van der Waals surface area contributed by atoms with Gasteiger partial charge in [0.25, 0.3) is 0 Å². The predicted molar refractivity (Wildman–Crippen MR) is 113 cm³/mol. The minimum absolute atomic E-state index is 0.0152. The van der Waals surface area contributed by atoms with Crippen LogP contribution in [-0.4, -0.2) is 11.6 Å². The molecule has 0 heterocycles. The summed E-state index contributed by atoms with van der Waals surface area (Å²) in [5.41, 5.74) is 0. The molecule has 0 aromatic heterocycles. The van der Waals surface area contributed by atoms with Gasteiger partial charge in [0.05, 0.1) is 6.42 Å². The van der Waals surface area contributed by atoms with E-state index < -0.39 is 0 Å². The normalized spacial score (nSPS) is 28.1. The van der Waals surface area contributed by atoms with Crippen molar-refractivity contribution in [3.8, 4) is 0 Å². The maximum Gasteiger partial charge on any atom is 0.140 e. The molecule has 0 N–H and O–H groups in total. The second kappa shape index (κ2) is 15.4. The van der Waals surface area contributed by atoms with Gasteiger partial charge in [0, 0.05) is 6.42 Å². The molecule has 2 aliphatic rings. The molecule has 26 heavy (non-hydrogen) atoms. The first-order valence-corrected chi connectivity index (χ1v) is 11.6. The van der Waals surface area contributed by atoms with Gasteiger partial charge in [0.2, 0.25) is 0 Å². The summed E-state index contributed by atoms with van der Waals surface area (Å²) in [6, 6.07) is 0. The van der Waals surface area contributed by atoms with Gasteiger partial charge in [-0.25, -0.2) is 0 Å². The molecule has 0 unspecified atom stereocenters. The van der Waals surface area contributed by atoms with E-state index in [0.717, 1.165) is 17.8 Å². The van der Waals surface area contributed by atoms with Crippen LogP contribution in [0.5, 0.6) is 0 Å². The van der Waals surface area contributed by atoms with Crippen LogP contribution < -0.4 is 0 Å². The van der Waals surface area contributed by atoms with E-state index >= 15 is 0 Å². The molecule has 2 rings (SSSR count). The first-order chi connectivity index (χ1) is 12.6. The number of carbonyl (C=O) groups excluding carboxylic acids is 2. The fourth-order valence-electron chi connectivity index (χ4n) is 4.69. The maximum absolute atomic E-state index is 11.8. The zero-order chi connectivity index (χ0) is 19.9. The lowest BCUT2D eigenvalue weighted by Crippen LogP contribution is -2.22. The molecular formula is C24H46O2. The molecule has 0 saturated heterocycles. The largest absolute Gasteiger partial charge is 0.300 e. The average Bonchev–Trinajstić information content (AvgIpc) is 2.66. The number of carbonyl (C=O) groups is 2. The molecule has 0 amide bonds. The van der Waals surface area contributed by atoms with E-state index in [-0.39, 0.29) is 18.0 Å². The molecule has 0 aromatic carbocycles. The molecule has 0 atom stereocenters. The van der Waals surface area contributed by atoms with E-state index in [4.69, 9.17) is 0 Å². The van der Waals surface area contributed by atoms with Crippen LogP contribution in [0.25, 0.3) is 0 Å². The van der Waals surface area contributed by atoms with E-state index in [1.165, 1.54) is 71.1 Å². The Morgan fingerprint density at radius 2 is 1.08 bits per heavy atom. The minimum Gasteiger partial charge on any atom is -0.300 e. The lowest BCUT2D eigenvalue weighted by Gasteiger charge is -2.33. The Hall–Kier alpha value is -0.660. The Morgan fingerprint density at radius 1 is 0.692 bits per heavy atom. The molecule has 2 aliphatic carbocycles. The van der Waals surface area contributed by atoms with Gasteiger partial charge in [-0.1, -0.05) is 79.6 Å². The summed E-state index contributed by atoms with van der Waals surface area (Å²) in [7, 11) is 0. The number of Topliss-reactive ketones (excluding diaryl/α,β-unsaturated/α-hetero) is 2. The highest BCUT2D eigenvalue weighted by atomic mass is 16.1. The summed E-state index contributed by atoms with van der Waals surface area (Å²) in [5, 5.41) is 0. The van der Waals surface area contributed by atoms with Crippen LogP contribution in [0.15, 0.2) is 0 Å². The third kappa shape index (κ3) is 10.5. The Balaban J connectivity index is 0.00000146. The molecule has 0 aromatic rings. The van der Waals surface area contributed by atoms with Gasteiger partial charge in [-0.3, -0.25) is 9.59 Å². The Kier molecular flexibility index (Phi) is 15.0. The second-order valence-corrected chi connectivity index (χ2v) is 8.04. The van der Waals surface area contributed by atoms with Gasteiger partial charge < -0.3 is 0 Å². The number of hydrogen-bond donors (Lipinski definition) is 0. The van der Waals surface area contributed by atoms with Gasteiger partial charge in [0.15, 0.2) is 0 Å². The summed E-state index contributed by atoms with van der Waals surface area (Å²) < 4.78 is 0. The average molecular weight is 367 g/mol. The molecule has 2 fully saturated rings. The zero-order valence-electron chi connectivity index (χ0n) is 18.6. The topological polar surface area (TPSA) is 34.1 Å². The number of rotatable bonds is 7. The van der Waals surface area contributed by atoms with Crippen molar-refractivity contribution < 1.29 is 9.59 Å². The van der Waals surface area contributed by atoms with Gasteiger partial charge >= 0.3 is 0 Å². The van der Waals surface area contributed by atoms with Crippen molar-refractivity contribution in [2.75, 3.05) is 0 Å². The molecular weight excluding hydrogens is 320 g/mol. The summed E-state index contributed by atoms with van der Waals surface area (Å²) in [5.74, 6) is 3.61. The Labute approximate surface area is 163 Å². The summed E-state index contributed by atoms with van der Waals surface area (Å²) in [6.07, 6.45) is 14.5. The minimum atomic E-state index is 0.0152. The second-order valence-electron chi connectivity index (χ2n) is 8.04. The molecule has 154 valence electrons. The van der Waals surface area contributed by atoms with E-state index in [1.54, 1.807) is 0 Å². The van der Waals surface area contributed by atoms with Crippen LogP contribution in [0.2, 0.25) is 0 Å². The van der Waals surface area contributed by atoms with Crippen molar-refractivity contribution in [2.45, 2.75) is 119 Å². The Morgan fingerprint density at radius 3 is 1.46 bits per heavy atom. The fourth-order valence-corrected chi connectivity index (χ4v) is 4.69. The number of ketones is 2. The summed E-state index contributed by atoms with van der Waals surface area (Å²) >= 11 is 0. The van der Waals surface area contributed by atoms with E-state index in [1.807, 2.05) is 27.7 Å². The van der Waals surface area contributed by atoms with Crippen LogP contribution in [-0.2, 0) is 9.59 Å². The first-order valence-electron chi connectivity index (χ1n) is 11.6. The third-order valence-electron chi connectivity index (χ3n) is 6.14. The smallest absolute Gasteiger partial charge is 0.140 e. The monoisotopic (exact) mass is 366 g/mol. The van der Waals surface area contributed by atoms with E-state index in [9.17, 15) is 9.59 Å². The zero-order valence-corrected chi connectivity index (χ0v) is 18.6. The van der Waals surface area contributed by atoms with Crippen molar-refractivity contribution in [3.05, 3.63) is 0 Å². The van der Waals surface area contributed by atoms with Crippen molar-refractivity contribution in [2.24, 2.45) is 23.7 Å². The van der Waals surface area contributed by atoms with Crippen LogP contribution in [0.4, 0.5) is 0 Å². The van der Waals surface area contributed by atoms with Crippen LogP contribution >= 0.6 is 0 Å². The van der Waals surface area contributed by atoms with E-state index in [2.05, 4.69) is 6.92 Å². The lowest BCUT2D eigenvalue weighted by molar-refractivity contribution is -0.126. The van der Waals surface area contributed by atoms with Crippen LogP contribution in [0, 0.1) is 23.7 Å². The van der Waals surface area contributed by atoms with Crippen molar-refractivity contribution in [1.82, 2.24) is 0 Å². The van der Waals surface area contributed by atoms with Gasteiger partial charge in [0.1, 0.15) is 11.6 Å². The molecule has 0 aliphatic heterocycles. The van der Waals surface area contributed by atoms with Crippen LogP contribution in [0.3, 0.4) is 0 Å². The van der Waals surface area contributed by atoms with Crippen molar-refractivity contribution in [3.63, 3.8) is 0 Å². The predicted octanol–water partition coefficient (Wildman–Crippen LogP) is 7.39. The quantitative estimate of drug-likeness (QED) is 0.440. The van der Waals surface area contributed by atoms with Gasteiger partial charge in [-0.2, -0.15) is 0 Å². The molecule has 0 bridgehead atoms. The number of hydrogen-bond acceptors (Lipinski definition) is 2. The van der Waals surface area contributed by atoms with Crippen LogP contribution in [0.1, 0.15) is 119 Å². The lowest BCUT2D eigenvalue weighted by atomic mass is 9.72. The van der Waals surface area contributed by atoms with E-state index in [0.29, 0.717) is 12.3 Å². The summed E-state index contributed by atoms with van der Waals surface area (Å²) in [4.78, 5) is 22.8. The molecule has 2 nitrogen and oxygen atoms in total. The standard InChI is InChI=1S/C20H34O2.2C2H6/c1-3-16-4-6-17(7-5-16)13-18-8-10-19(11-9-18)14-20(22)12-15(2)21;2*1-2/h16-19H,3-14H2,1-2H3;2*1-2H3. The highest BCUT2D eigenvalue weighted by Gasteiger charge is 2.27. The summed E-state index contributed by atoms with van der Waals surface area (Å²) in [6.45, 7) is 11.8.